The van der Waals surface area contributed by atoms with Crippen LogP contribution < -0.4 is 14.9 Å². The van der Waals surface area contributed by atoms with Gasteiger partial charge in [-0.1, -0.05) is 18.2 Å². The maximum Gasteiger partial charge on any atom is 0.245 e. The molecule has 9 nitrogen and oxygen atoms in total. The Balaban J connectivity index is 1.44. The summed E-state index contributed by atoms with van der Waals surface area (Å²) in [5, 5.41) is 7.99. The number of hydrogen-bond acceptors (Lipinski definition) is 7. The summed E-state index contributed by atoms with van der Waals surface area (Å²) in [6.07, 6.45) is 1.74. The summed E-state index contributed by atoms with van der Waals surface area (Å²) in [7, 11) is -3.66. The minimum Gasteiger partial charge on any atom is -0.378 e. The molecule has 0 amide bonds. The van der Waals surface area contributed by atoms with Crippen LogP contribution in [0.4, 0.5) is 17.3 Å². The second-order valence-corrected chi connectivity index (χ2v) is 11.5. The van der Waals surface area contributed by atoms with Crippen LogP contribution in [0.2, 0.25) is 0 Å². The number of sulfonamides is 1. The second-order valence-electron chi connectivity index (χ2n) is 9.80. The van der Waals surface area contributed by atoms with Gasteiger partial charge >= 0.3 is 0 Å². The average molecular weight is 507 g/mol. The highest BCUT2D eigenvalue weighted by molar-refractivity contribution is 7.89. The zero-order valence-corrected chi connectivity index (χ0v) is 21.4. The van der Waals surface area contributed by atoms with E-state index in [9.17, 15) is 8.42 Å². The van der Waals surface area contributed by atoms with E-state index in [0.29, 0.717) is 5.95 Å². The molecule has 1 fully saturated rings. The fourth-order valence-corrected chi connectivity index (χ4v) is 5.66. The lowest BCUT2D eigenvalue weighted by atomic mass is 10.1. The lowest BCUT2D eigenvalue weighted by Crippen LogP contribution is -2.40. The number of aromatic nitrogens is 3. The first-order valence-corrected chi connectivity index (χ1v) is 13.4. The number of hydrogen-bond donors (Lipinski definition) is 2. The van der Waals surface area contributed by atoms with E-state index in [1.807, 2.05) is 51.1 Å². The largest absolute Gasteiger partial charge is 0.378 e. The van der Waals surface area contributed by atoms with Gasteiger partial charge in [0.25, 0.3) is 0 Å². The smallest absolute Gasteiger partial charge is 0.245 e. The van der Waals surface area contributed by atoms with Crippen molar-refractivity contribution in [3.63, 3.8) is 0 Å². The molecule has 0 bridgehead atoms. The van der Waals surface area contributed by atoms with E-state index in [4.69, 9.17) is 9.84 Å². The van der Waals surface area contributed by atoms with Gasteiger partial charge in [-0.15, -0.1) is 5.10 Å². The molecule has 1 saturated heterocycles. The predicted molar refractivity (Wildman–Crippen MR) is 141 cm³/mol. The van der Waals surface area contributed by atoms with Crippen molar-refractivity contribution < 1.29 is 13.2 Å². The van der Waals surface area contributed by atoms with E-state index in [1.54, 1.807) is 28.9 Å². The van der Waals surface area contributed by atoms with Gasteiger partial charge in [0.05, 0.1) is 35.5 Å². The van der Waals surface area contributed by atoms with Crippen LogP contribution in [0.1, 0.15) is 20.8 Å². The molecule has 0 unspecified atom stereocenters. The quantitative estimate of drug-likeness (QED) is 0.407. The monoisotopic (exact) mass is 506 g/mol. The van der Waals surface area contributed by atoms with Crippen molar-refractivity contribution in [2.24, 2.45) is 0 Å². The Kier molecular flexibility index (Phi) is 6.42. The number of benzene rings is 2. The first-order valence-electron chi connectivity index (χ1n) is 11.9. The molecule has 4 aromatic rings. The van der Waals surface area contributed by atoms with Crippen LogP contribution in [0.5, 0.6) is 0 Å². The number of anilines is 3. The summed E-state index contributed by atoms with van der Waals surface area (Å²) in [6.45, 7) is 8.62. The number of nitrogens with one attached hydrogen (secondary N) is 2. The molecule has 188 valence electrons. The van der Waals surface area contributed by atoms with Crippen molar-refractivity contribution in [2.45, 2.75) is 31.2 Å². The molecular weight excluding hydrogens is 476 g/mol. The molecule has 0 atom stereocenters. The van der Waals surface area contributed by atoms with Gasteiger partial charge in [-0.25, -0.2) is 22.6 Å². The third-order valence-corrected chi connectivity index (χ3v) is 7.51. The van der Waals surface area contributed by atoms with Crippen LogP contribution in [0.25, 0.3) is 16.8 Å². The lowest BCUT2D eigenvalue weighted by molar-refractivity contribution is 0.122. The molecule has 0 radical (unpaired) electrons. The number of nitrogens with zero attached hydrogens (tertiary/aromatic N) is 4. The number of ether oxygens (including phenoxy) is 1. The molecule has 0 aliphatic carbocycles. The van der Waals surface area contributed by atoms with Crippen LogP contribution in [0.15, 0.2) is 71.8 Å². The van der Waals surface area contributed by atoms with E-state index in [1.165, 1.54) is 0 Å². The van der Waals surface area contributed by atoms with Crippen LogP contribution in [0.3, 0.4) is 0 Å². The van der Waals surface area contributed by atoms with E-state index in [-0.39, 0.29) is 4.90 Å². The first-order chi connectivity index (χ1) is 17.2. The maximum atomic E-state index is 12.9. The molecule has 36 heavy (non-hydrogen) atoms. The van der Waals surface area contributed by atoms with E-state index in [2.05, 4.69) is 32.1 Å². The number of rotatable bonds is 6. The lowest BCUT2D eigenvalue weighted by Gasteiger charge is -2.29. The highest BCUT2D eigenvalue weighted by Gasteiger charge is 2.22. The number of fused-ring (bicyclic) bond motifs is 1. The molecule has 2 aromatic carbocycles. The van der Waals surface area contributed by atoms with Gasteiger partial charge in [-0.05, 0) is 63.2 Å². The summed E-state index contributed by atoms with van der Waals surface area (Å²) in [5.41, 5.74) is 3.74. The van der Waals surface area contributed by atoms with Gasteiger partial charge in [-0.2, -0.15) is 0 Å². The summed E-state index contributed by atoms with van der Waals surface area (Å²) >= 11 is 0. The van der Waals surface area contributed by atoms with E-state index >= 15 is 0 Å². The Morgan fingerprint density at radius 3 is 2.53 bits per heavy atom. The third-order valence-electron chi connectivity index (χ3n) is 5.76. The Morgan fingerprint density at radius 1 is 0.972 bits per heavy atom. The molecule has 10 heteroatoms. The van der Waals surface area contributed by atoms with Crippen molar-refractivity contribution in [3.8, 4) is 11.3 Å². The van der Waals surface area contributed by atoms with Crippen molar-refractivity contribution in [2.75, 3.05) is 36.5 Å². The predicted octanol–water partition coefficient (Wildman–Crippen LogP) is 4.05. The van der Waals surface area contributed by atoms with Crippen molar-refractivity contribution in [1.82, 2.24) is 19.3 Å². The Morgan fingerprint density at radius 2 is 1.75 bits per heavy atom. The average Bonchev–Trinajstić information content (AvgIpc) is 3.27. The maximum absolute atomic E-state index is 12.9. The fourth-order valence-electron chi connectivity index (χ4n) is 4.19. The third kappa shape index (κ3) is 5.35. The van der Waals surface area contributed by atoms with E-state index < -0.39 is 15.6 Å². The second kappa shape index (κ2) is 9.53. The van der Waals surface area contributed by atoms with Crippen molar-refractivity contribution in [1.29, 1.82) is 0 Å². The minimum atomic E-state index is -3.66. The van der Waals surface area contributed by atoms with Gasteiger partial charge in [0, 0.05) is 35.6 Å². The molecule has 2 aromatic heterocycles. The summed E-state index contributed by atoms with van der Waals surface area (Å²) in [5.74, 6) is 0.442. The van der Waals surface area contributed by atoms with Gasteiger partial charge in [0.2, 0.25) is 16.0 Å². The van der Waals surface area contributed by atoms with Gasteiger partial charge in [0.1, 0.15) is 0 Å². The molecule has 0 saturated carbocycles. The summed E-state index contributed by atoms with van der Waals surface area (Å²) in [4.78, 5) is 6.96. The zero-order valence-electron chi connectivity index (χ0n) is 20.6. The van der Waals surface area contributed by atoms with Gasteiger partial charge in [0.15, 0.2) is 0 Å². The first kappa shape index (κ1) is 24.2. The molecule has 1 aliphatic heterocycles. The van der Waals surface area contributed by atoms with Gasteiger partial charge in [-0.3, -0.25) is 0 Å². The molecule has 3 heterocycles. The van der Waals surface area contributed by atoms with Crippen LogP contribution >= 0.6 is 0 Å². The van der Waals surface area contributed by atoms with Crippen molar-refractivity contribution >= 4 is 32.9 Å². The van der Waals surface area contributed by atoms with Crippen molar-refractivity contribution in [3.05, 3.63) is 66.9 Å². The van der Waals surface area contributed by atoms with Crippen LogP contribution in [-0.4, -0.2) is 54.9 Å². The zero-order chi connectivity index (χ0) is 25.3. The summed E-state index contributed by atoms with van der Waals surface area (Å²) in [6, 6.07) is 18.8. The fraction of sp³-hybridized carbons (Fsp3) is 0.308. The molecule has 2 N–H and O–H groups in total. The highest BCUT2D eigenvalue weighted by Crippen LogP contribution is 2.26. The molecular formula is C26H30N6O3S. The Bertz CT molecular complexity index is 1490. The summed E-state index contributed by atoms with van der Waals surface area (Å²) < 4.78 is 35.7. The SMILES string of the molecule is CC(C)(C)NS(=O)(=O)c1cccc(-c2ccc3cnc(Nc4cccc(N5CCOCC5)c4)nn23)c1. The molecule has 0 spiro atoms. The van der Waals surface area contributed by atoms with Crippen LogP contribution in [-0.2, 0) is 14.8 Å². The standard InChI is InChI=1S/C26H30N6O3S/c1-26(2,3)30-36(33,34)23-9-4-6-19(16-23)24-11-10-22-18-27-25(29-32(22)24)28-20-7-5-8-21(17-20)31-12-14-35-15-13-31/h4-11,16-18,30H,12-15H2,1-3H3,(H,28,29). The van der Waals surface area contributed by atoms with Crippen LogP contribution in [0, 0.1) is 0 Å². The molecule has 1 aliphatic rings. The Hall–Kier alpha value is -3.47. The Labute approximate surface area is 211 Å². The minimum absolute atomic E-state index is 0.206. The molecule has 5 rings (SSSR count). The number of morpholine rings is 1. The van der Waals surface area contributed by atoms with Gasteiger partial charge < -0.3 is 15.0 Å². The normalized spacial score (nSPS) is 14.8. The van der Waals surface area contributed by atoms with E-state index in [0.717, 1.165) is 54.5 Å². The topological polar surface area (TPSA) is 101 Å². The highest BCUT2D eigenvalue weighted by atomic mass is 32.2.